The van der Waals surface area contributed by atoms with Crippen molar-refractivity contribution in [2.75, 3.05) is 31.6 Å². The van der Waals surface area contributed by atoms with Crippen molar-refractivity contribution in [2.45, 2.75) is 13.0 Å². The largest absolute Gasteiger partial charge is 0.493 e. The maximum Gasteiger partial charge on any atom is 0.254 e. The second-order valence-electron chi connectivity index (χ2n) is 7.27. The van der Waals surface area contributed by atoms with Gasteiger partial charge in [0.25, 0.3) is 5.91 Å². The van der Waals surface area contributed by atoms with Crippen LogP contribution in [-0.2, 0) is 0 Å². The van der Waals surface area contributed by atoms with Crippen LogP contribution in [-0.4, -0.2) is 53.6 Å². The van der Waals surface area contributed by atoms with E-state index in [2.05, 4.69) is 14.9 Å². The number of benzene rings is 2. The normalized spacial score (nSPS) is 16.2. The first-order chi connectivity index (χ1) is 15.0. The minimum absolute atomic E-state index is 0.0712. The fourth-order valence-electron chi connectivity index (χ4n) is 3.63. The maximum absolute atomic E-state index is 13.5. The Labute approximate surface area is 180 Å². The van der Waals surface area contributed by atoms with E-state index >= 15 is 0 Å². The van der Waals surface area contributed by atoms with Crippen LogP contribution in [0.2, 0.25) is 0 Å². The van der Waals surface area contributed by atoms with Gasteiger partial charge in [0, 0.05) is 37.3 Å². The van der Waals surface area contributed by atoms with Crippen LogP contribution in [0.3, 0.4) is 0 Å². The first-order valence-electron chi connectivity index (χ1n) is 9.99. The Bertz CT molecular complexity index is 1080. The molecule has 8 heteroatoms. The Morgan fingerprint density at radius 3 is 2.61 bits per heavy atom. The highest BCUT2D eigenvalue weighted by Gasteiger charge is 2.29. The number of carbonyl (C=O) groups excluding carboxylic acids is 1. The summed E-state index contributed by atoms with van der Waals surface area (Å²) in [7, 11) is 1.58. The van der Waals surface area contributed by atoms with E-state index < -0.39 is 5.82 Å². The van der Waals surface area contributed by atoms with E-state index in [0.29, 0.717) is 48.4 Å². The number of piperazine rings is 1. The Hall–Kier alpha value is -3.68. The number of methoxy groups -OCH3 is 1. The van der Waals surface area contributed by atoms with E-state index in [1.54, 1.807) is 36.3 Å². The number of halogens is 1. The number of amides is 1. The van der Waals surface area contributed by atoms with Gasteiger partial charge in [-0.05, 0) is 37.3 Å². The van der Waals surface area contributed by atoms with Crippen molar-refractivity contribution < 1.29 is 18.7 Å². The number of rotatable bonds is 5. The molecule has 1 aromatic heterocycles. The van der Waals surface area contributed by atoms with Gasteiger partial charge >= 0.3 is 0 Å². The lowest BCUT2D eigenvalue weighted by molar-refractivity contribution is 0.0673. The molecule has 1 amide bonds. The van der Waals surface area contributed by atoms with E-state index in [0.717, 1.165) is 0 Å². The summed E-state index contributed by atoms with van der Waals surface area (Å²) >= 11 is 0. The van der Waals surface area contributed by atoms with E-state index in [-0.39, 0.29) is 11.9 Å². The van der Waals surface area contributed by atoms with Crippen molar-refractivity contribution in [2.24, 2.45) is 0 Å². The van der Waals surface area contributed by atoms with Crippen molar-refractivity contribution in [3.63, 3.8) is 0 Å². The van der Waals surface area contributed by atoms with Gasteiger partial charge in [-0.3, -0.25) is 4.79 Å². The second-order valence-corrected chi connectivity index (χ2v) is 7.27. The number of hydrogen-bond acceptors (Lipinski definition) is 6. The lowest BCUT2D eigenvalue weighted by atomic mass is 10.1. The molecule has 0 aliphatic carbocycles. The summed E-state index contributed by atoms with van der Waals surface area (Å²) in [5.74, 6) is 1.70. The molecule has 0 saturated carbocycles. The molecule has 0 unspecified atom stereocenters. The highest BCUT2D eigenvalue weighted by atomic mass is 19.1. The van der Waals surface area contributed by atoms with Crippen LogP contribution in [0.5, 0.6) is 17.4 Å². The molecule has 0 N–H and O–H groups in total. The van der Waals surface area contributed by atoms with Gasteiger partial charge in [0.2, 0.25) is 5.88 Å². The molecule has 2 heterocycles. The Kier molecular flexibility index (Phi) is 5.97. The van der Waals surface area contributed by atoms with Gasteiger partial charge < -0.3 is 19.3 Å². The summed E-state index contributed by atoms with van der Waals surface area (Å²) in [4.78, 5) is 25.2. The third-order valence-electron chi connectivity index (χ3n) is 5.20. The molecule has 0 radical (unpaired) electrons. The molecule has 4 rings (SSSR count). The Morgan fingerprint density at radius 1 is 1.06 bits per heavy atom. The van der Waals surface area contributed by atoms with Crippen LogP contribution in [0, 0.1) is 5.82 Å². The fourth-order valence-corrected chi connectivity index (χ4v) is 3.63. The summed E-state index contributed by atoms with van der Waals surface area (Å²) in [6.07, 6.45) is 1.45. The number of anilines is 1. The molecule has 1 saturated heterocycles. The molecule has 1 aliphatic heterocycles. The molecule has 1 aliphatic rings. The second kappa shape index (κ2) is 8.99. The predicted molar refractivity (Wildman–Crippen MR) is 114 cm³/mol. The molecule has 31 heavy (non-hydrogen) atoms. The molecule has 1 fully saturated rings. The van der Waals surface area contributed by atoms with E-state index in [1.807, 2.05) is 25.1 Å². The summed E-state index contributed by atoms with van der Waals surface area (Å²) in [6.45, 7) is 3.66. The van der Waals surface area contributed by atoms with E-state index in [1.165, 1.54) is 18.5 Å². The standard InChI is InChI=1S/C23H23FN4O3/c1-16-14-27(10-11-28(16)23(29)17-6-5-7-18(24)12-17)21-13-22(26-15-25-21)31-20-9-4-3-8-19(20)30-2/h3-9,12-13,15-16H,10-11,14H2,1-2H3/t16-/m1/s1. The molecular formula is C23H23FN4O3. The minimum atomic E-state index is -0.416. The highest BCUT2D eigenvalue weighted by molar-refractivity contribution is 5.94. The van der Waals surface area contributed by atoms with Gasteiger partial charge in [0.05, 0.1) is 7.11 Å². The monoisotopic (exact) mass is 422 g/mol. The zero-order valence-electron chi connectivity index (χ0n) is 17.4. The molecule has 1 atom stereocenters. The van der Waals surface area contributed by atoms with Gasteiger partial charge in [-0.2, -0.15) is 0 Å². The zero-order chi connectivity index (χ0) is 21.8. The van der Waals surface area contributed by atoms with Crippen molar-refractivity contribution in [1.29, 1.82) is 0 Å². The average molecular weight is 422 g/mol. The Balaban J connectivity index is 1.46. The van der Waals surface area contributed by atoms with Crippen molar-refractivity contribution in [3.05, 3.63) is 72.3 Å². The third kappa shape index (κ3) is 4.58. The number of para-hydroxylation sites is 2. The first-order valence-corrected chi connectivity index (χ1v) is 9.99. The first kappa shape index (κ1) is 20.6. The van der Waals surface area contributed by atoms with E-state index in [9.17, 15) is 9.18 Å². The van der Waals surface area contributed by atoms with Gasteiger partial charge in [0.15, 0.2) is 11.5 Å². The molecule has 2 aromatic carbocycles. The fraction of sp³-hybridized carbons (Fsp3) is 0.261. The van der Waals surface area contributed by atoms with Gasteiger partial charge in [-0.1, -0.05) is 18.2 Å². The summed E-state index contributed by atoms with van der Waals surface area (Å²) in [5, 5.41) is 0. The maximum atomic E-state index is 13.5. The van der Waals surface area contributed by atoms with Gasteiger partial charge in [-0.25, -0.2) is 14.4 Å². The van der Waals surface area contributed by atoms with Crippen LogP contribution in [0.15, 0.2) is 60.9 Å². The summed E-state index contributed by atoms with van der Waals surface area (Å²) < 4.78 is 24.7. The molecule has 3 aromatic rings. The quantitative estimate of drug-likeness (QED) is 0.624. The lowest BCUT2D eigenvalue weighted by Crippen LogP contribution is -2.54. The minimum Gasteiger partial charge on any atom is -0.493 e. The number of carbonyl (C=O) groups is 1. The predicted octanol–water partition coefficient (Wildman–Crippen LogP) is 3.77. The van der Waals surface area contributed by atoms with Crippen molar-refractivity contribution >= 4 is 11.7 Å². The smallest absolute Gasteiger partial charge is 0.254 e. The SMILES string of the molecule is COc1ccccc1Oc1cc(N2CCN(C(=O)c3cccc(F)c3)[C@H](C)C2)ncn1. The molecule has 160 valence electrons. The third-order valence-corrected chi connectivity index (χ3v) is 5.20. The van der Waals surface area contributed by atoms with Crippen LogP contribution in [0.1, 0.15) is 17.3 Å². The van der Waals surface area contributed by atoms with Crippen LogP contribution < -0.4 is 14.4 Å². The Morgan fingerprint density at radius 2 is 1.87 bits per heavy atom. The topological polar surface area (TPSA) is 67.8 Å². The van der Waals surface area contributed by atoms with Crippen molar-refractivity contribution in [1.82, 2.24) is 14.9 Å². The molecular weight excluding hydrogens is 399 g/mol. The number of hydrogen-bond donors (Lipinski definition) is 0. The number of nitrogens with zero attached hydrogens (tertiary/aromatic N) is 4. The number of aromatic nitrogens is 2. The van der Waals surface area contributed by atoms with Gasteiger partial charge in [-0.15, -0.1) is 0 Å². The zero-order valence-corrected chi connectivity index (χ0v) is 17.4. The molecule has 7 nitrogen and oxygen atoms in total. The van der Waals surface area contributed by atoms with Crippen LogP contribution >= 0.6 is 0 Å². The van der Waals surface area contributed by atoms with Crippen molar-refractivity contribution in [3.8, 4) is 17.4 Å². The summed E-state index contributed by atoms with van der Waals surface area (Å²) in [6, 6.07) is 14.8. The summed E-state index contributed by atoms with van der Waals surface area (Å²) in [5.41, 5.74) is 0.356. The molecule has 0 spiro atoms. The van der Waals surface area contributed by atoms with Crippen LogP contribution in [0.4, 0.5) is 10.2 Å². The van der Waals surface area contributed by atoms with Crippen LogP contribution in [0.25, 0.3) is 0 Å². The van der Waals surface area contributed by atoms with Gasteiger partial charge in [0.1, 0.15) is 18.0 Å². The van der Waals surface area contributed by atoms with E-state index in [4.69, 9.17) is 9.47 Å². The average Bonchev–Trinajstić information content (AvgIpc) is 2.79. The number of ether oxygens (including phenoxy) is 2. The highest BCUT2D eigenvalue weighted by Crippen LogP contribution is 2.31. The molecule has 0 bridgehead atoms. The lowest BCUT2D eigenvalue weighted by Gasteiger charge is -2.40.